The molecule has 0 aliphatic rings. The molecule has 0 heterocycles. The summed E-state index contributed by atoms with van der Waals surface area (Å²) in [6.45, 7) is 4.50. The second kappa shape index (κ2) is 7.78. The molecule has 5 nitrogen and oxygen atoms in total. The molecule has 104 valence electrons. The number of rotatable bonds is 5. The predicted octanol–water partition coefficient (Wildman–Crippen LogP) is 2.41. The van der Waals surface area contributed by atoms with Crippen molar-refractivity contribution in [1.29, 1.82) is 0 Å². The summed E-state index contributed by atoms with van der Waals surface area (Å²) >= 11 is 3.39. The fraction of sp³-hybridized carbons (Fsp3) is 0.385. The van der Waals surface area contributed by atoms with Crippen LogP contribution in [0.25, 0.3) is 0 Å². The van der Waals surface area contributed by atoms with Crippen LogP contribution >= 0.6 is 15.9 Å². The predicted molar refractivity (Wildman–Crippen MR) is 79.2 cm³/mol. The van der Waals surface area contributed by atoms with Crippen LogP contribution < -0.4 is 16.0 Å². The first-order valence-electron chi connectivity index (χ1n) is 6.10. The fourth-order valence-electron chi connectivity index (χ4n) is 1.39. The van der Waals surface area contributed by atoms with E-state index in [1.54, 1.807) is 6.07 Å². The van der Waals surface area contributed by atoms with Gasteiger partial charge in [-0.1, -0.05) is 22.9 Å². The Morgan fingerprint density at radius 3 is 2.63 bits per heavy atom. The van der Waals surface area contributed by atoms with E-state index in [9.17, 15) is 9.59 Å². The van der Waals surface area contributed by atoms with Gasteiger partial charge >= 0.3 is 6.03 Å². The normalized spacial score (nSPS) is 9.84. The number of amides is 3. The number of aryl methyl sites for hydroxylation is 1. The quantitative estimate of drug-likeness (QED) is 0.777. The van der Waals surface area contributed by atoms with Gasteiger partial charge in [0.05, 0.1) is 6.54 Å². The molecule has 3 N–H and O–H groups in total. The number of carbonyl (C=O) groups is 2. The third kappa shape index (κ3) is 5.74. The van der Waals surface area contributed by atoms with Gasteiger partial charge in [0.2, 0.25) is 5.91 Å². The molecule has 0 saturated carbocycles. The summed E-state index contributed by atoms with van der Waals surface area (Å²) < 4.78 is 0.984. The second-order valence-corrected chi connectivity index (χ2v) is 4.98. The van der Waals surface area contributed by atoms with Crippen LogP contribution in [-0.2, 0) is 4.79 Å². The van der Waals surface area contributed by atoms with Gasteiger partial charge in [-0.15, -0.1) is 0 Å². The number of hydrogen-bond acceptors (Lipinski definition) is 2. The van der Waals surface area contributed by atoms with Crippen molar-refractivity contribution >= 4 is 33.6 Å². The molecule has 0 bridgehead atoms. The average Bonchev–Trinajstić information content (AvgIpc) is 2.38. The molecule has 6 heteroatoms. The van der Waals surface area contributed by atoms with Gasteiger partial charge in [-0.2, -0.15) is 0 Å². The van der Waals surface area contributed by atoms with Gasteiger partial charge in [0, 0.05) is 16.7 Å². The van der Waals surface area contributed by atoms with Gasteiger partial charge in [-0.3, -0.25) is 4.79 Å². The van der Waals surface area contributed by atoms with Gasteiger partial charge in [0.15, 0.2) is 0 Å². The molecular formula is C13H18BrN3O2. The lowest BCUT2D eigenvalue weighted by atomic mass is 10.2. The van der Waals surface area contributed by atoms with Crippen LogP contribution in [0.2, 0.25) is 0 Å². The van der Waals surface area contributed by atoms with Crippen molar-refractivity contribution < 1.29 is 9.59 Å². The van der Waals surface area contributed by atoms with E-state index in [-0.39, 0.29) is 12.5 Å². The molecule has 0 atom stereocenters. The lowest BCUT2D eigenvalue weighted by molar-refractivity contribution is -0.120. The van der Waals surface area contributed by atoms with E-state index in [1.807, 2.05) is 26.0 Å². The maximum atomic E-state index is 11.6. The molecule has 0 fully saturated rings. The van der Waals surface area contributed by atoms with Crippen LogP contribution in [0.1, 0.15) is 18.9 Å². The SMILES string of the molecule is CCCNC(=O)CNC(=O)Nc1ccc(Br)c(C)c1. The highest BCUT2D eigenvalue weighted by Crippen LogP contribution is 2.19. The molecule has 1 rings (SSSR count). The van der Waals surface area contributed by atoms with Crippen molar-refractivity contribution in [1.82, 2.24) is 10.6 Å². The Kier molecular flexibility index (Phi) is 6.35. The zero-order valence-corrected chi connectivity index (χ0v) is 12.6. The van der Waals surface area contributed by atoms with Crippen molar-refractivity contribution in [2.24, 2.45) is 0 Å². The highest BCUT2D eigenvalue weighted by atomic mass is 79.9. The van der Waals surface area contributed by atoms with Crippen LogP contribution in [0.4, 0.5) is 10.5 Å². The lowest BCUT2D eigenvalue weighted by Crippen LogP contribution is -2.39. The Morgan fingerprint density at radius 1 is 1.26 bits per heavy atom. The Bertz CT molecular complexity index is 463. The molecule has 0 unspecified atom stereocenters. The van der Waals surface area contributed by atoms with Crippen LogP contribution in [0.15, 0.2) is 22.7 Å². The molecule has 1 aromatic carbocycles. The Morgan fingerprint density at radius 2 is 2.00 bits per heavy atom. The largest absolute Gasteiger partial charge is 0.355 e. The first kappa shape index (κ1) is 15.5. The van der Waals surface area contributed by atoms with Crippen LogP contribution in [0.5, 0.6) is 0 Å². The number of nitrogens with one attached hydrogen (secondary N) is 3. The number of benzene rings is 1. The van der Waals surface area contributed by atoms with Crippen molar-refractivity contribution in [3.8, 4) is 0 Å². The Balaban J connectivity index is 2.38. The van der Waals surface area contributed by atoms with Crippen LogP contribution in [0, 0.1) is 6.92 Å². The number of carbonyl (C=O) groups excluding carboxylic acids is 2. The molecular weight excluding hydrogens is 310 g/mol. The first-order chi connectivity index (χ1) is 9.02. The van der Waals surface area contributed by atoms with E-state index < -0.39 is 6.03 Å². The Hall–Kier alpha value is -1.56. The standard InChI is InChI=1S/C13H18BrN3O2/c1-3-6-15-12(18)8-16-13(19)17-10-4-5-11(14)9(2)7-10/h4-5,7H,3,6,8H2,1-2H3,(H,15,18)(H2,16,17,19). The number of halogens is 1. The molecule has 0 aliphatic carbocycles. The average molecular weight is 328 g/mol. The second-order valence-electron chi connectivity index (χ2n) is 4.12. The molecule has 19 heavy (non-hydrogen) atoms. The van der Waals surface area contributed by atoms with E-state index >= 15 is 0 Å². The Labute approximate surface area is 121 Å². The van der Waals surface area contributed by atoms with E-state index in [2.05, 4.69) is 31.9 Å². The highest BCUT2D eigenvalue weighted by molar-refractivity contribution is 9.10. The summed E-state index contributed by atoms with van der Waals surface area (Å²) in [6.07, 6.45) is 0.871. The van der Waals surface area contributed by atoms with Crippen molar-refractivity contribution in [2.75, 3.05) is 18.4 Å². The molecule has 1 aromatic rings. The monoisotopic (exact) mass is 327 g/mol. The topological polar surface area (TPSA) is 70.2 Å². The smallest absolute Gasteiger partial charge is 0.319 e. The molecule has 3 amide bonds. The van der Waals surface area contributed by atoms with Gasteiger partial charge in [-0.25, -0.2) is 4.79 Å². The maximum Gasteiger partial charge on any atom is 0.319 e. The highest BCUT2D eigenvalue weighted by Gasteiger charge is 2.05. The summed E-state index contributed by atoms with van der Waals surface area (Å²) in [5.41, 5.74) is 1.71. The summed E-state index contributed by atoms with van der Waals surface area (Å²) in [4.78, 5) is 22.9. The number of anilines is 1. The lowest BCUT2D eigenvalue weighted by Gasteiger charge is -2.09. The van der Waals surface area contributed by atoms with Crippen molar-refractivity contribution in [3.63, 3.8) is 0 Å². The minimum Gasteiger partial charge on any atom is -0.355 e. The minimum absolute atomic E-state index is 0.0264. The van der Waals surface area contributed by atoms with E-state index in [4.69, 9.17) is 0 Å². The third-order valence-electron chi connectivity index (χ3n) is 2.40. The van der Waals surface area contributed by atoms with E-state index in [1.165, 1.54) is 0 Å². The van der Waals surface area contributed by atoms with Crippen LogP contribution in [-0.4, -0.2) is 25.0 Å². The molecule has 0 spiro atoms. The van der Waals surface area contributed by atoms with Crippen molar-refractivity contribution in [3.05, 3.63) is 28.2 Å². The summed E-state index contributed by atoms with van der Waals surface area (Å²) in [5.74, 6) is -0.191. The van der Waals surface area contributed by atoms with Crippen LogP contribution in [0.3, 0.4) is 0 Å². The summed E-state index contributed by atoms with van der Waals surface area (Å²) in [6, 6.07) is 5.10. The fourth-order valence-corrected chi connectivity index (χ4v) is 1.63. The first-order valence-corrected chi connectivity index (χ1v) is 6.90. The molecule has 0 aliphatic heterocycles. The number of urea groups is 1. The van der Waals surface area contributed by atoms with Gasteiger partial charge < -0.3 is 16.0 Å². The van der Waals surface area contributed by atoms with E-state index in [0.29, 0.717) is 12.2 Å². The zero-order valence-electron chi connectivity index (χ0n) is 11.0. The van der Waals surface area contributed by atoms with E-state index in [0.717, 1.165) is 16.5 Å². The third-order valence-corrected chi connectivity index (χ3v) is 3.29. The van der Waals surface area contributed by atoms with Gasteiger partial charge in [0.1, 0.15) is 0 Å². The maximum absolute atomic E-state index is 11.6. The minimum atomic E-state index is -0.395. The number of hydrogen-bond donors (Lipinski definition) is 3. The van der Waals surface area contributed by atoms with Crippen molar-refractivity contribution in [2.45, 2.75) is 20.3 Å². The van der Waals surface area contributed by atoms with Gasteiger partial charge in [0.25, 0.3) is 0 Å². The summed E-state index contributed by atoms with van der Waals surface area (Å²) in [7, 11) is 0. The molecule has 0 aromatic heterocycles. The molecule has 0 radical (unpaired) electrons. The summed E-state index contributed by atoms with van der Waals surface area (Å²) in [5, 5.41) is 7.85. The molecule has 0 saturated heterocycles. The zero-order chi connectivity index (χ0) is 14.3. The van der Waals surface area contributed by atoms with Gasteiger partial charge in [-0.05, 0) is 37.1 Å².